The van der Waals surface area contributed by atoms with E-state index < -0.39 is 46.7 Å². The van der Waals surface area contributed by atoms with Gasteiger partial charge in [0, 0.05) is 33.2 Å². The van der Waals surface area contributed by atoms with Gasteiger partial charge in [0.05, 0.1) is 31.2 Å². The lowest BCUT2D eigenvalue weighted by Gasteiger charge is -2.35. The van der Waals surface area contributed by atoms with E-state index in [9.17, 15) is 34.9 Å². The third kappa shape index (κ3) is 9.22. The van der Waals surface area contributed by atoms with Crippen molar-refractivity contribution >= 4 is 23.7 Å². The summed E-state index contributed by atoms with van der Waals surface area (Å²) in [5.74, 6) is -4.79. The van der Waals surface area contributed by atoms with E-state index in [4.69, 9.17) is 19.8 Å². The number of rotatable bonds is 13. The number of ether oxygens (including phenoxy) is 1. The fourth-order valence-corrected chi connectivity index (χ4v) is 9.08. The van der Waals surface area contributed by atoms with E-state index in [0.717, 1.165) is 51.4 Å². The van der Waals surface area contributed by atoms with Gasteiger partial charge in [-0.15, -0.1) is 0 Å². The zero-order chi connectivity index (χ0) is 30.9. The Morgan fingerprint density at radius 3 is 1.93 bits per heavy atom. The van der Waals surface area contributed by atoms with Crippen LogP contribution in [-0.4, -0.2) is 80.2 Å². The third-order valence-electron chi connectivity index (χ3n) is 9.83. The molecule has 0 spiro atoms. The Hall–Kier alpha value is -2.07. The standard InChI is InChI=1S/C28H44N2O12S/c31-27(32)26-22(4-2-6-25(26)30(36)37)28(33)41-18-7-11-20(12-8-18)43-21-13-9-19(10-14-21)42-40-15-17-3-1-5-24(29(34)35)23(17)16-39-38/h17-26,38H,1-16H2,(H,31,32). The normalized spacial score (nSPS) is 36.9. The van der Waals surface area contributed by atoms with Crippen LogP contribution in [0.25, 0.3) is 0 Å². The summed E-state index contributed by atoms with van der Waals surface area (Å²) in [4.78, 5) is 62.0. The van der Waals surface area contributed by atoms with Gasteiger partial charge in [-0.2, -0.15) is 11.8 Å². The minimum absolute atomic E-state index is 0.0289. The van der Waals surface area contributed by atoms with E-state index in [1.165, 1.54) is 0 Å². The smallest absolute Gasteiger partial charge is 0.314 e. The van der Waals surface area contributed by atoms with Crippen LogP contribution in [0.4, 0.5) is 0 Å². The fourth-order valence-electron chi connectivity index (χ4n) is 7.44. The molecule has 4 rings (SSSR count). The summed E-state index contributed by atoms with van der Waals surface area (Å²) in [6.45, 7) is 0.136. The molecule has 0 saturated heterocycles. The second-order valence-corrected chi connectivity index (χ2v) is 14.1. The molecule has 0 heterocycles. The van der Waals surface area contributed by atoms with Crippen molar-refractivity contribution in [2.24, 2.45) is 23.7 Å². The molecule has 0 radical (unpaired) electrons. The van der Waals surface area contributed by atoms with Crippen molar-refractivity contribution in [3.8, 4) is 0 Å². The lowest BCUT2D eigenvalue weighted by atomic mass is 9.76. The molecular formula is C28H44N2O12S. The molecule has 6 unspecified atom stereocenters. The highest BCUT2D eigenvalue weighted by Crippen LogP contribution is 2.40. The van der Waals surface area contributed by atoms with Crippen molar-refractivity contribution in [1.29, 1.82) is 0 Å². The number of carboxylic acids is 1. The Morgan fingerprint density at radius 2 is 1.35 bits per heavy atom. The highest BCUT2D eigenvalue weighted by Gasteiger charge is 2.49. The Balaban J connectivity index is 1.12. The molecule has 0 aromatic carbocycles. The van der Waals surface area contributed by atoms with Gasteiger partial charge in [0.1, 0.15) is 12.0 Å². The first-order valence-electron chi connectivity index (χ1n) is 15.6. The number of carbonyl (C=O) groups excluding carboxylic acids is 1. The summed E-state index contributed by atoms with van der Waals surface area (Å²) < 4.78 is 5.69. The topological polar surface area (TPSA) is 198 Å². The molecule has 4 saturated carbocycles. The third-order valence-corrected chi connectivity index (χ3v) is 11.5. The highest BCUT2D eigenvalue weighted by molar-refractivity contribution is 8.00. The molecule has 2 N–H and O–H groups in total. The first-order chi connectivity index (χ1) is 20.7. The Morgan fingerprint density at radius 1 is 0.767 bits per heavy atom. The summed E-state index contributed by atoms with van der Waals surface area (Å²) in [5, 5.41) is 42.2. The van der Waals surface area contributed by atoms with Gasteiger partial charge < -0.3 is 9.84 Å². The fraction of sp³-hybridized carbons (Fsp3) is 0.929. The van der Waals surface area contributed by atoms with Crippen LogP contribution in [-0.2, 0) is 29.0 Å². The molecule has 43 heavy (non-hydrogen) atoms. The molecule has 0 aromatic rings. The molecule has 4 fully saturated rings. The first kappa shape index (κ1) is 33.8. The number of hydrogen-bond acceptors (Lipinski definition) is 12. The predicted molar refractivity (Wildman–Crippen MR) is 152 cm³/mol. The minimum Gasteiger partial charge on any atom is -0.481 e. The van der Waals surface area contributed by atoms with Crippen LogP contribution < -0.4 is 0 Å². The summed E-state index contributed by atoms with van der Waals surface area (Å²) in [6.07, 6.45) is 9.36. The Labute approximate surface area is 254 Å². The second kappa shape index (κ2) is 16.3. The van der Waals surface area contributed by atoms with Crippen molar-refractivity contribution in [2.75, 3.05) is 13.2 Å². The largest absolute Gasteiger partial charge is 0.481 e. The van der Waals surface area contributed by atoms with Crippen LogP contribution in [0.5, 0.6) is 0 Å². The quantitative estimate of drug-likeness (QED) is 0.124. The van der Waals surface area contributed by atoms with Crippen LogP contribution in [0.2, 0.25) is 0 Å². The van der Waals surface area contributed by atoms with E-state index in [0.29, 0.717) is 42.6 Å². The average Bonchev–Trinajstić information content (AvgIpc) is 2.99. The van der Waals surface area contributed by atoms with Gasteiger partial charge in [-0.1, -0.05) is 0 Å². The summed E-state index contributed by atoms with van der Waals surface area (Å²) in [7, 11) is 0. The molecule has 244 valence electrons. The Bertz CT molecular complexity index is 956. The van der Waals surface area contributed by atoms with Gasteiger partial charge in [0.2, 0.25) is 12.1 Å². The van der Waals surface area contributed by atoms with E-state index >= 15 is 0 Å². The van der Waals surface area contributed by atoms with Crippen LogP contribution in [0.1, 0.15) is 89.9 Å². The van der Waals surface area contributed by atoms with Gasteiger partial charge in [-0.25, -0.2) is 14.7 Å². The van der Waals surface area contributed by atoms with Crippen molar-refractivity contribution in [3.05, 3.63) is 20.2 Å². The molecule has 4 aliphatic carbocycles. The molecule has 0 bridgehead atoms. The second-order valence-electron chi connectivity index (χ2n) is 12.5. The molecule has 15 heteroatoms. The van der Waals surface area contributed by atoms with Gasteiger partial charge in [0.25, 0.3) is 0 Å². The lowest BCUT2D eigenvalue weighted by molar-refractivity contribution is -0.541. The van der Waals surface area contributed by atoms with Crippen molar-refractivity contribution in [2.45, 2.75) is 125 Å². The highest BCUT2D eigenvalue weighted by atomic mass is 32.2. The number of nitrogens with zero attached hydrogens (tertiary/aromatic N) is 2. The van der Waals surface area contributed by atoms with Crippen molar-refractivity contribution in [3.63, 3.8) is 0 Å². The maximum atomic E-state index is 12.9. The monoisotopic (exact) mass is 632 g/mol. The summed E-state index contributed by atoms with van der Waals surface area (Å²) in [5.41, 5.74) is 0. The van der Waals surface area contributed by atoms with Crippen LogP contribution in [0.15, 0.2) is 0 Å². The zero-order valence-corrected chi connectivity index (χ0v) is 25.2. The lowest BCUT2D eigenvalue weighted by Crippen LogP contribution is -2.46. The van der Waals surface area contributed by atoms with E-state index in [2.05, 4.69) is 4.89 Å². The molecule has 14 nitrogen and oxygen atoms in total. The molecule has 6 atom stereocenters. The molecule has 0 aromatic heterocycles. The van der Waals surface area contributed by atoms with Crippen molar-refractivity contribution in [1.82, 2.24) is 0 Å². The average molecular weight is 633 g/mol. The number of hydrogen-bond donors (Lipinski definition) is 2. The number of esters is 1. The molecule has 0 aliphatic heterocycles. The van der Waals surface area contributed by atoms with Gasteiger partial charge in [0.15, 0.2) is 0 Å². The maximum Gasteiger partial charge on any atom is 0.314 e. The minimum atomic E-state index is -1.35. The molecular weight excluding hydrogens is 588 g/mol. The zero-order valence-electron chi connectivity index (χ0n) is 24.4. The van der Waals surface area contributed by atoms with Gasteiger partial charge >= 0.3 is 11.9 Å². The summed E-state index contributed by atoms with van der Waals surface area (Å²) >= 11 is 1.96. The number of nitro groups is 2. The van der Waals surface area contributed by atoms with E-state index in [-0.39, 0.29) is 42.7 Å². The SMILES string of the molecule is O=C(OC1CCC(SC2CCC(OOCC3CCCC([N+](=O)[O-])C3COO)CC2)CC1)C1CCCC([N+](=O)[O-])C1C(=O)O. The van der Waals surface area contributed by atoms with Crippen LogP contribution >= 0.6 is 11.8 Å². The predicted octanol–water partition coefficient (Wildman–Crippen LogP) is 4.53. The molecule has 4 aliphatic rings. The number of thioether (sulfide) groups is 1. The van der Waals surface area contributed by atoms with Crippen LogP contribution in [0, 0.1) is 43.9 Å². The van der Waals surface area contributed by atoms with E-state index in [1.54, 1.807) is 0 Å². The van der Waals surface area contributed by atoms with Crippen molar-refractivity contribution < 1.29 is 49.2 Å². The van der Waals surface area contributed by atoms with Gasteiger partial charge in [-0.05, 0) is 83.0 Å². The number of carbonyl (C=O) groups is 2. The first-order valence-corrected chi connectivity index (χ1v) is 16.5. The van der Waals surface area contributed by atoms with Crippen LogP contribution in [0.3, 0.4) is 0 Å². The van der Waals surface area contributed by atoms with Gasteiger partial charge in [-0.3, -0.25) is 35.1 Å². The number of carboxylic acid groups (broad SMARTS) is 1. The Kier molecular flexibility index (Phi) is 12.8. The summed E-state index contributed by atoms with van der Waals surface area (Å²) in [6, 6.07) is -2.02. The molecule has 0 amide bonds. The maximum absolute atomic E-state index is 12.9. The number of aliphatic carboxylic acids is 1. The van der Waals surface area contributed by atoms with E-state index in [1.807, 2.05) is 11.8 Å².